The molecule has 11 nitrogen and oxygen atoms in total. The molecule has 1 spiro atoms. The Bertz CT molecular complexity index is 1390. The van der Waals surface area contributed by atoms with Crippen molar-refractivity contribution in [2.75, 3.05) is 0 Å². The van der Waals surface area contributed by atoms with Crippen molar-refractivity contribution in [2.24, 2.45) is 53.3 Å². The van der Waals surface area contributed by atoms with Crippen molar-refractivity contribution >= 4 is 17.5 Å². The number of aliphatic hydroxyl groups excluding tert-OH is 4. The average Bonchev–Trinajstić information content (AvgIpc) is 3.16. The third kappa shape index (κ3) is 11.5. The Morgan fingerprint density at radius 3 is 2.11 bits per heavy atom. The van der Waals surface area contributed by atoms with Crippen LogP contribution in [-0.2, 0) is 28.6 Å². The normalized spacial score (nSPS) is 46.8. The van der Waals surface area contributed by atoms with Crippen molar-refractivity contribution in [1.29, 1.82) is 0 Å². The van der Waals surface area contributed by atoms with Crippen LogP contribution >= 0.6 is 0 Å². The highest BCUT2D eigenvalue weighted by Crippen LogP contribution is 2.49. The van der Waals surface area contributed by atoms with Crippen molar-refractivity contribution in [3.8, 4) is 0 Å². The standard InChI is InChI=1S/C45H74O11/c1-12-34-17-15-13-14-16-27(4)42(51)44(11,53)43(52)32(9)40(50)31(8)39(49)30(7)38(48)26(3)18-21-37(47)54-41-29(6)35(20-19-34)55-45(33(41)10)23-22-25(2)36(56-45)24-28(5)46/h13-15,17-18,21,25-36,38,40-42,46,48,50-51,53H,12,16,19-20,22-24H2,1-11H3/b14-13+,17-15+,21-18+/t25-,26-,27+,28+,29+,30-,31-,32-,33-,34?,35-,36-,38+,40?,41+,42?,44+,45-/m1/s1. The van der Waals surface area contributed by atoms with Crippen LogP contribution in [0.25, 0.3) is 0 Å². The fraction of sp³-hybridized carbons (Fsp3) is 0.800. The van der Waals surface area contributed by atoms with Gasteiger partial charge >= 0.3 is 5.97 Å². The highest BCUT2D eigenvalue weighted by Gasteiger charge is 2.56. The van der Waals surface area contributed by atoms with E-state index in [9.17, 15) is 39.9 Å². The van der Waals surface area contributed by atoms with Crippen molar-refractivity contribution < 1.29 is 54.1 Å². The molecule has 3 unspecified atom stereocenters. The molecule has 18 atom stereocenters. The average molecular weight is 791 g/mol. The van der Waals surface area contributed by atoms with Gasteiger partial charge in [0.1, 0.15) is 17.5 Å². The molecule has 3 aliphatic rings. The van der Waals surface area contributed by atoms with Gasteiger partial charge in [0.25, 0.3) is 0 Å². The fourth-order valence-corrected chi connectivity index (χ4v) is 9.01. The summed E-state index contributed by atoms with van der Waals surface area (Å²) >= 11 is 0. The predicted molar refractivity (Wildman–Crippen MR) is 215 cm³/mol. The Kier molecular flexibility index (Phi) is 17.7. The number of carbonyl (C=O) groups excluding carboxylic acids is 3. The summed E-state index contributed by atoms with van der Waals surface area (Å²) in [5, 5.41) is 55.0. The molecule has 0 aromatic heterocycles. The van der Waals surface area contributed by atoms with Crippen molar-refractivity contribution in [1.82, 2.24) is 0 Å². The van der Waals surface area contributed by atoms with Crippen LogP contribution in [0.1, 0.15) is 121 Å². The Morgan fingerprint density at radius 2 is 1.48 bits per heavy atom. The number of hydrogen-bond donors (Lipinski definition) is 5. The van der Waals surface area contributed by atoms with E-state index in [-0.39, 0.29) is 35.9 Å². The summed E-state index contributed by atoms with van der Waals surface area (Å²) in [6.07, 6.45) is 9.62. The second-order valence-corrected chi connectivity index (χ2v) is 18.0. The van der Waals surface area contributed by atoms with Crippen LogP contribution in [0, 0.1) is 53.3 Å². The number of ketones is 2. The van der Waals surface area contributed by atoms with Crippen LogP contribution in [-0.4, -0.2) is 97.2 Å². The number of fused-ring (bicyclic) bond motifs is 2. The second-order valence-electron chi connectivity index (χ2n) is 18.0. The van der Waals surface area contributed by atoms with E-state index < -0.39 is 89.0 Å². The van der Waals surface area contributed by atoms with E-state index in [1.807, 2.05) is 32.1 Å². The second kappa shape index (κ2) is 20.6. The highest BCUT2D eigenvalue weighted by atomic mass is 16.7. The topological polar surface area (TPSA) is 180 Å². The maximum Gasteiger partial charge on any atom is 0.330 e. The lowest BCUT2D eigenvalue weighted by Gasteiger charge is -2.55. The fourth-order valence-electron chi connectivity index (χ4n) is 9.01. The Morgan fingerprint density at radius 1 is 0.839 bits per heavy atom. The highest BCUT2D eigenvalue weighted by molar-refractivity contribution is 5.91. The zero-order chi connectivity index (χ0) is 42.3. The van der Waals surface area contributed by atoms with Crippen LogP contribution in [0.4, 0.5) is 0 Å². The minimum Gasteiger partial charge on any atom is -0.458 e. The molecule has 0 saturated carbocycles. The number of ether oxygens (including phenoxy) is 3. The van der Waals surface area contributed by atoms with Gasteiger partial charge in [-0.3, -0.25) is 9.59 Å². The van der Waals surface area contributed by atoms with E-state index in [2.05, 4.69) is 19.9 Å². The number of esters is 1. The van der Waals surface area contributed by atoms with Gasteiger partial charge in [0.15, 0.2) is 11.6 Å². The smallest absolute Gasteiger partial charge is 0.330 e. The van der Waals surface area contributed by atoms with Gasteiger partial charge in [0.05, 0.1) is 36.6 Å². The van der Waals surface area contributed by atoms with Crippen molar-refractivity contribution in [2.45, 2.75) is 175 Å². The van der Waals surface area contributed by atoms with Gasteiger partial charge in [-0.05, 0) is 70.1 Å². The number of Topliss-reactive ketones (excluding diaryl/α,β-unsaturated/α-hetero) is 2. The van der Waals surface area contributed by atoms with E-state index in [4.69, 9.17) is 14.2 Å². The van der Waals surface area contributed by atoms with Gasteiger partial charge in [-0.2, -0.15) is 0 Å². The van der Waals surface area contributed by atoms with Crippen LogP contribution in [0.3, 0.4) is 0 Å². The first-order valence-electron chi connectivity index (χ1n) is 21.2. The first-order valence-corrected chi connectivity index (χ1v) is 21.2. The van der Waals surface area contributed by atoms with Crippen LogP contribution in [0.15, 0.2) is 36.5 Å². The van der Waals surface area contributed by atoms with Gasteiger partial charge in [0, 0.05) is 48.0 Å². The van der Waals surface area contributed by atoms with Gasteiger partial charge in [-0.25, -0.2) is 4.79 Å². The number of carbonyl (C=O) groups is 3. The van der Waals surface area contributed by atoms with E-state index in [1.54, 1.807) is 20.8 Å². The molecule has 0 aliphatic carbocycles. The molecule has 2 fully saturated rings. The summed E-state index contributed by atoms with van der Waals surface area (Å²) in [5.41, 5.74) is -2.18. The predicted octanol–water partition coefficient (Wildman–Crippen LogP) is 5.88. The zero-order valence-electron chi connectivity index (χ0n) is 35.8. The van der Waals surface area contributed by atoms with E-state index in [1.165, 1.54) is 39.8 Å². The third-order valence-electron chi connectivity index (χ3n) is 13.4. The monoisotopic (exact) mass is 791 g/mol. The van der Waals surface area contributed by atoms with Gasteiger partial charge in [0.2, 0.25) is 0 Å². The third-order valence-corrected chi connectivity index (χ3v) is 13.4. The molecule has 3 aliphatic heterocycles. The van der Waals surface area contributed by atoms with Gasteiger partial charge < -0.3 is 39.7 Å². The van der Waals surface area contributed by atoms with Gasteiger partial charge in [-0.1, -0.05) is 92.7 Å². The SMILES string of the molecule is CCC1/C=C/C=C/C[C@H](C)C(O)[C@](C)(O)C(=O)[C@H](C)C(O)[C@H](C)C(=O)[C@H](C)[C@@H](O)[C@H](C)/C=C/C(=O)O[C@H]2[C@@H](C)[C@@H](CC1)O[C@@]1(CC[C@@H](C)[C@@H](C[C@H](C)O)O1)[C@@H]2C. The van der Waals surface area contributed by atoms with Gasteiger partial charge in [-0.15, -0.1) is 0 Å². The molecule has 11 heteroatoms. The number of allylic oxidation sites excluding steroid dienone is 4. The maximum absolute atomic E-state index is 13.5. The molecule has 2 saturated heterocycles. The lowest BCUT2D eigenvalue weighted by molar-refractivity contribution is -0.371. The van der Waals surface area contributed by atoms with Crippen LogP contribution in [0.5, 0.6) is 0 Å². The molecular formula is C45H74O11. The summed E-state index contributed by atoms with van der Waals surface area (Å²) < 4.78 is 20.0. The lowest BCUT2D eigenvalue weighted by Crippen LogP contribution is -2.62. The molecule has 56 heavy (non-hydrogen) atoms. The first kappa shape index (κ1) is 48.1. The number of rotatable bonds is 3. The molecule has 5 N–H and O–H groups in total. The number of hydrogen-bond acceptors (Lipinski definition) is 11. The minimum absolute atomic E-state index is 0.168. The molecule has 0 aromatic carbocycles. The molecular weight excluding hydrogens is 716 g/mol. The van der Waals surface area contributed by atoms with E-state index >= 15 is 0 Å². The summed E-state index contributed by atoms with van der Waals surface area (Å²) in [6, 6.07) is 0. The van der Waals surface area contributed by atoms with E-state index in [0.29, 0.717) is 25.7 Å². The minimum atomic E-state index is -2.18. The van der Waals surface area contributed by atoms with Crippen molar-refractivity contribution in [3.05, 3.63) is 36.5 Å². The van der Waals surface area contributed by atoms with Crippen LogP contribution in [0.2, 0.25) is 0 Å². The quantitative estimate of drug-likeness (QED) is 0.216. The van der Waals surface area contributed by atoms with Crippen LogP contribution < -0.4 is 0 Å². The van der Waals surface area contributed by atoms with E-state index in [0.717, 1.165) is 19.3 Å². The zero-order valence-corrected chi connectivity index (χ0v) is 35.8. The van der Waals surface area contributed by atoms with Crippen molar-refractivity contribution in [3.63, 3.8) is 0 Å². The molecule has 2 bridgehead atoms. The summed E-state index contributed by atoms with van der Waals surface area (Å²) in [7, 11) is 0. The Labute approximate surface area is 336 Å². The summed E-state index contributed by atoms with van der Waals surface area (Å²) in [4.78, 5) is 40.5. The maximum atomic E-state index is 13.5. The molecule has 0 amide bonds. The molecule has 3 heterocycles. The Balaban J connectivity index is 1.99. The first-order chi connectivity index (χ1) is 26.1. The molecule has 0 radical (unpaired) electrons. The Hall–Kier alpha value is -2.25. The summed E-state index contributed by atoms with van der Waals surface area (Å²) in [5.74, 6) is -7.28. The molecule has 3 rings (SSSR count). The molecule has 0 aromatic rings. The summed E-state index contributed by atoms with van der Waals surface area (Å²) in [6.45, 7) is 19.1. The lowest BCUT2D eigenvalue weighted by atomic mass is 9.74. The molecule has 320 valence electrons. The number of aliphatic hydroxyl groups is 5. The largest absolute Gasteiger partial charge is 0.458 e.